The van der Waals surface area contributed by atoms with E-state index in [2.05, 4.69) is 34.2 Å². The van der Waals surface area contributed by atoms with Gasteiger partial charge in [0.05, 0.1) is 0 Å². The van der Waals surface area contributed by atoms with Crippen molar-refractivity contribution in [3.05, 3.63) is 0 Å². The van der Waals surface area contributed by atoms with Gasteiger partial charge in [-0.1, -0.05) is 27.7 Å². The highest BCUT2D eigenvalue weighted by molar-refractivity contribution is 6.66. The third kappa shape index (κ3) is 4.77. The molecule has 3 heteroatoms. The molecule has 0 aromatic rings. The van der Waals surface area contributed by atoms with Crippen molar-refractivity contribution in [1.82, 2.24) is 0 Å². The normalized spacial score (nSPS) is 14.5. The van der Waals surface area contributed by atoms with E-state index in [1.807, 2.05) is 0 Å². The van der Waals surface area contributed by atoms with Crippen LogP contribution in [0.4, 0.5) is 0 Å². The molecule has 0 saturated heterocycles. The van der Waals surface area contributed by atoms with Crippen molar-refractivity contribution in [3.8, 4) is 0 Å². The molecule has 0 fully saturated rings. The Hall–Kier alpha value is 0.394. The lowest BCUT2D eigenvalue weighted by molar-refractivity contribution is 0.569. The summed E-state index contributed by atoms with van der Waals surface area (Å²) in [5, 5.41) is 0. The Bertz CT molecular complexity index is 92.1. The average Bonchev–Trinajstić information content (AvgIpc) is 1.99. The van der Waals surface area contributed by atoms with E-state index in [-0.39, 0.29) is 0 Å². The van der Waals surface area contributed by atoms with Crippen LogP contribution in [-0.4, -0.2) is 18.1 Å². The first-order valence-electron chi connectivity index (χ1n) is 4.77. The molecule has 0 aromatic carbocycles. The maximum absolute atomic E-state index is 6.09. The standard InChI is InChI=1S/C8H22OSi2/c1-6-11(7-2)9-10(5)8(3)4/h8,10-11H,6-7H2,1-5H3. The second-order valence-electron chi connectivity index (χ2n) is 3.52. The first kappa shape index (κ1) is 11.4. The predicted molar refractivity (Wildman–Crippen MR) is 57.3 cm³/mol. The Balaban J connectivity index is 3.62. The number of hydrogen-bond donors (Lipinski definition) is 0. The van der Waals surface area contributed by atoms with Crippen LogP contribution in [0.15, 0.2) is 0 Å². The van der Waals surface area contributed by atoms with Gasteiger partial charge in [0, 0.05) is 0 Å². The molecule has 0 rings (SSSR count). The quantitative estimate of drug-likeness (QED) is 0.605. The van der Waals surface area contributed by atoms with Gasteiger partial charge in [0.25, 0.3) is 0 Å². The van der Waals surface area contributed by atoms with Crippen LogP contribution in [0, 0.1) is 0 Å². The molecule has 1 atom stereocenters. The van der Waals surface area contributed by atoms with Crippen LogP contribution in [0.1, 0.15) is 27.7 Å². The van der Waals surface area contributed by atoms with Crippen molar-refractivity contribution in [2.75, 3.05) is 0 Å². The van der Waals surface area contributed by atoms with E-state index in [0.717, 1.165) is 5.54 Å². The van der Waals surface area contributed by atoms with Crippen molar-refractivity contribution < 1.29 is 4.12 Å². The molecule has 0 N–H and O–H groups in total. The summed E-state index contributed by atoms with van der Waals surface area (Å²) in [5.41, 5.74) is 0.808. The van der Waals surface area contributed by atoms with Crippen LogP contribution in [0.5, 0.6) is 0 Å². The third-order valence-corrected chi connectivity index (χ3v) is 9.21. The average molecular weight is 190 g/mol. The highest BCUT2D eigenvalue weighted by Crippen LogP contribution is 2.12. The minimum atomic E-state index is -0.807. The largest absolute Gasteiger partial charge is 0.460 e. The summed E-state index contributed by atoms with van der Waals surface area (Å²) in [6.07, 6.45) is 0. The van der Waals surface area contributed by atoms with Crippen LogP contribution in [-0.2, 0) is 4.12 Å². The van der Waals surface area contributed by atoms with E-state index in [9.17, 15) is 0 Å². The topological polar surface area (TPSA) is 9.23 Å². The molecule has 0 radical (unpaired) electrons. The zero-order valence-corrected chi connectivity index (χ0v) is 10.9. The molecule has 11 heavy (non-hydrogen) atoms. The van der Waals surface area contributed by atoms with E-state index in [4.69, 9.17) is 4.12 Å². The van der Waals surface area contributed by atoms with E-state index in [1.54, 1.807) is 0 Å². The van der Waals surface area contributed by atoms with Gasteiger partial charge >= 0.3 is 0 Å². The molecule has 0 aliphatic carbocycles. The van der Waals surface area contributed by atoms with Crippen LogP contribution in [0.2, 0.25) is 24.2 Å². The molecule has 0 aliphatic rings. The summed E-state index contributed by atoms with van der Waals surface area (Å²) in [7, 11) is -1.55. The van der Waals surface area contributed by atoms with E-state index in [1.165, 1.54) is 12.1 Å². The molecule has 0 aliphatic heterocycles. The smallest absolute Gasteiger partial charge is 0.162 e. The maximum atomic E-state index is 6.09. The van der Waals surface area contributed by atoms with Crippen LogP contribution in [0.3, 0.4) is 0 Å². The Morgan fingerprint density at radius 3 is 1.91 bits per heavy atom. The zero-order valence-electron chi connectivity index (χ0n) is 8.55. The second-order valence-corrected chi connectivity index (χ2v) is 10.2. The van der Waals surface area contributed by atoms with E-state index < -0.39 is 18.1 Å². The lowest BCUT2D eigenvalue weighted by Crippen LogP contribution is -2.27. The second kappa shape index (κ2) is 5.97. The van der Waals surface area contributed by atoms with Gasteiger partial charge in [-0.15, -0.1) is 0 Å². The SMILES string of the molecule is CC[SiH](CC)O[SiH](C)C(C)C. The first-order valence-corrected chi connectivity index (χ1v) is 9.16. The molecule has 0 aromatic heterocycles. The molecule has 1 unspecified atom stereocenters. The van der Waals surface area contributed by atoms with Gasteiger partial charge in [0.2, 0.25) is 0 Å². The predicted octanol–water partition coefficient (Wildman–Crippen LogP) is 2.53. The van der Waals surface area contributed by atoms with Gasteiger partial charge in [0.1, 0.15) is 0 Å². The number of rotatable bonds is 5. The molecule has 0 heterocycles. The van der Waals surface area contributed by atoms with Gasteiger partial charge in [-0.3, -0.25) is 0 Å². The molecular weight excluding hydrogens is 168 g/mol. The lowest BCUT2D eigenvalue weighted by Gasteiger charge is -2.21. The molecule has 68 valence electrons. The van der Waals surface area contributed by atoms with Crippen molar-refractivity contribution in [2.24, 2.45) is 0 Å². The van der Waals surface area contributed by atoms with E-state index in [0.29, 0.717) is 0 Å². The lowest BCUT2D eigenvalue weighted by atomic mass is 10.6. The fraction of sp³-hybridized carbons (Fsp3) is 1.00. The molecule has 1 nitrogen and oxygen atoms in total. The van der Waals surface area contributed by atoms with Crippen molar-refractivity contribution >= 4 is 18.1 Å². The Morgan fingerprint density at radius 1 is 1.18 bits per heavy atom. The zero-order chi connectivity index (χ0) is 8.85. The fourth-order valence-electron chi connectivity index (χ4n) is 0.942. The fourth-order valence-corrected chi connectivity index (χ4v) is 6.74. The van der Waals surface area contributed by atoms with E-state index >= 15 is 0 Å². The monoisotopic (exact) mass is 190 g/mol. The summed E-state index contributed by atoms with van der Waals surface area (Å²) < 4.78 is 6.09. The number of hydrogen-bond acceptors (Lipinski definition) is 1. The summed E-state index contributed by atoms with van der Waals surface area (Å²) in [6.45, 7) is 11.4. The highest BCUT2D eigenvalue weighted by Gasteiger charge is 2.14. The van der Waals surface area contributed by atoms with Gasteiger partial charge in [-0.25, -0.2) is 0 Å². The first-order chi connectivity index (χ1) is 5.11. The van der Waals surface area contributed by atoms with Gasteiger partial charge in [0.15, 0.2) is 18.1 Å². The third-order valence-electron chi connectivity index (χ3n) is 2.26. The summed E-state index contributed by atoms with van der Waals surface area (Å²) >= 11 is 0. The molecule has 0 saturated carbocycles. The van der Waals surface area contributed by atoms with Crippen molar-refractivity contribution in [3.63, 3.8) is 0 Å². The maximum Gasteiger partial charge on any atom is 0.162 e. The summed E-state index contributed by atoms with van der Waals surface area (Å²) in [5.74, 6) is 0. The Labute approximate surface area is 74.6 Å². The molecule has 0 spiro atoms. The summed E-state index contributed by atoms with van der Waals surface area (Å²) in [4.78, 5) is 0. The van der Waals surface area contributed by atoms with Gasteiger partial charge in [-0.05, 0) is 24.2 Å². The molecule has 0 amide bonds. The summed E-state index contributed by atoms with van der Waals surface area (Å²) in [6, 6.07) is 2.61. The minimum Gasteiger partial charge on any atom is -0.460 e. The Kier molecular flexibility index (Phi) is 6.18. The van der Waals surface area contributed by atoms with Gasteiger partial charge < -0.3 is 4.12 Å². The minimum absolute atomic E-state index is 0.744. The highest BCUT2D eigenvalue weighted by atomic mass is 28.4. The van der Waals surface area contributed by atoms with Crippen LogP contribution < -0.4 is 0 Å². The van der Waals surface area contributed by atoms with Crippen molar-refractivity contribution in [2.45, 2.75) is 51.9 Å². The van der Waals surface area contributed by atoms with Crippen LogP contribution in [0.25, 0.3) is 0 Å². The van der Waals surface area contributed by atoms with Crippen molar-refractivity contribution in [1.29, 1.82) is 0 Å². The molecule has 0 bridgehead atoms. The molecular formula is C8H22OSi2. The van der Waals surface area contributed by atoms with Gasteiger partial charge in [-0.2, -0.15) is 0 Å². The Morgan fingerprint density at radius 2 is 1.64 bits per heavy atom. The van der Waals surface area contributed by atoms with Crippen LogP contribution >= 0.6 is 0 Å².